The van der Waals surface area contributed by atoms with Gasteiger partial charge in [-0.15, -0.1) is 0 Å². The van der Waals surface area contributed by atoms with Crippen LogP contribution < -0.4 is 4.90 Å². The summed E-state index contributed by atoms with van der Waals surface area (Å²) in [6, 6.07) is 8.14. The number of hydrogen-bond donors (Lipinski definition) is 1. The Morgan fingerprint density at radius 1 is 1.13 bits per heavy atom. The first-order valence-corrected chi connectivity index (χ1v) is 5.13. The topological polar surface area (TPSA) is 26.7 Å². The predicted molar refractivity (Wildman–Crippen MR) is 64.1 cm³/mol. The molecule has 3 heteroatoms. The quantitative estimate of drug-likeness (QED) is 0.756. The lowest BCUT2D eigenvalue weighted by molar-refractivity contribution is 0.137. The number of aryl methyl sites for hydroxylation is 1. The highest BCUT2D eigenvalue weighted by Gasteiger charge is 2.11. The fourth-order valence-electron chi connectivity index (χ4n) is 1.40. The molecule has 0 amide bonds. The number of likely N-dealkylation sites (N-methyl/N-ethyl adjacent to an activating group) is 2. The number of aliphatic hydroxyl groups excluding tert-OH is 1. The lowest BCUT2D eigenvalue weighted by Gasteiger charge is -2.27. The van der Waals surface area contributed by atoms with Crippen molar-refractivity contribution >= 4 is 5.69 Å². The molecule has 3 nitrogen and oxygen atoms in total. The Labute approximate surface area is 91.9 Å². The van der Waals surface area contributed by atoms with Crippen LogP contribution >= 0.6 is 0 Å². The summed E-state index contributed by atoms with van der Waals surface area (Å²) in [6.07, 6.45) is -0.470. The molecule has 0 fully saturated rings. The standard InChI is InChI=1S/C12H20N2O/c1-10-5-7-11(8-6-10)14(4)12(15)9-13(2)3/h5-8,12,15H,9H2,1-4H3. The molecular formula is C12H20N2O. The zero-order valence-corrected chi connectivity index (χ0v) is 9.94. The van der Waals surface area contributed by atoms with E-state index in [-0.39, 0.29) is 0 Å². The van der Waals surface area contributed by atoms with Crippen molar-refractivity contribution in [2.45, 2.75) is 13.2 Å². The molecule has 0 aliphatic rings. The number of rotatable bonds is 4. The number of anilines is 1. The zero-order valence-electron chi connectivity index (χ0n) is 9.94. The van der Waals surface area contributed by atoms with Gasteiger partial charge in [-0.1, -0.05) is 17.7 Å². The van der Waals surface area contributed by atoms with E-state index in [1.807, 2.05) is 55.2 Å². The normalized spacial score (nSPS) is 12.9. The van der Waals surface area contributed by atoms with Gasteiger partial charge >= 0.3 is 0 Å². The van der Waals surface area contributed by atoms with Gasteiger partial charge in [-0.3, -0.25) is 0 Å². The summed E-state index contributed by atoms with van der Waals surface area (Å²) in [5.41, 5.74) is 2.27. The number of nitrogens with zero attached hydrogens (tertiary/aromatic N) is 2. The molecule has 15 heavy (non-hydrogen) atoms. The molecule has 0 aliphatic heterocycles. The lowest BCUT2D eigenvalue weighted by Crippen LogP contribution is -2.39. The molecular weight excluding hydrogens is 188 g/mol. The first kappa shape index (κ1) is 12.0. The summed E-state index contributed by atoms with van der Waals surface area (Å²) in [4.78, 5) is 3.84. The van der Waals surface area contributed by atoms with Crippen LogP contribution in [0.3, 0.4) is 0 Å². The fraction of sp³-hybridized carbons (Fsp3) is 0.500. The highest BCUT2D eigenvalue weighted by atomic mass is 16.3. The molecule has 0 radical (unpaired) electrons. The van der Waals surface area contributed by atoms with Gasteiger partial charge in [0.2, 0.25) is 0 Å². The first-order chi connectivity index (χ1) is 7.00. The molecule has 0 spiro atoms. The van der Waals surface area contributed by atoms with Gasteiger partial charge in [-0.25, -0.2) is 0 Å². The van der Waals surface area contributed by atoms with Gasteiger partial charge in [-0.05, 0) is 33.2 Å². The van der Waals surface area contributed by atoms with E-state index in [0.29, 0.717) is 6.54 Å². The van der Waals surface area contributed by atoms with Crippen LogP contribution in [0.15, 0.2) is 24.3 Å². The molecule has 0 aliphatic carbocycles. The Hall–Kier alpha value is -1.06. The zero-order chi connectivity index (χ0) is 11.4. The van der Waals surface area contributed by atoms with Crippen molar-refractivity contribution in [1.29, 1.82) is 0 Å². The van der Waals surface area contributed by atoms with E-state index in [0.717, 1.165) is 5.69 Å². The van der Waals surface area contributed by atoms with Crippen LogP contribution in [-0.4, -0.2) is 43.9 Å². The summed E-state index contributed by atoms with van der Waals surface area (Å²) >= 11 is 0. The second-order valence-corrected chi connectivity index (χ2v) is 4.19. The predicted octanol–water partition coefficient (Wildman–Crippen LogP) is 1.31. The summed E-state index contributed by atoms with van der Waals surface area (Å²) in [5.74, 6) is 0. The van der Waals surface area contributed by atoms with Crippen LogP contribution in [0.25, 0.3) is 0 Å². The second-order valence-electron chi connectivity index (χ2n) is 4.19. The summed E-state index contributed by atoms with van der Waals surface area (Å²) in [5, 5.41) is 9.90. The van der Waals surface area contributed by atoms with E-state index < -0.39 is 6.23 Å². The molecule has 1 rings (SSSR count). The van der Waals surface area contributed by atoms with Crippen LogP contribution in [0.2, 0.25) is 0 Å². The van der Waals surface area contributed by atoms with Crippen molar-refractivity contribution in [3.8, 4) is 0 Å². The first-order valence-electron chi connectivity index (χ1n) is 5.13. The smallest absolute Gasteiger partial charge is 0.139 e. The van der Waals surface area contributed by atoms with Crippen LogP contribution in [0, 0.1) is 6.92 Å². The maximum atomic E-state index is 9.90. The number of hydrogen-bond acceptors (Lipinski definition) is 3. The van der Waals surface area contributed by atoms with Crippen LogP contribution in [0.5, 0.6) is 0 Å². The maximum absolute atomic E-state index is 9.90. The Bertz CT molecular complexity index is 295. The van der Waals surface area contributed by atoms with Crippen LogP contribution in [-0.2, 0) is 0 Å². The van der Waals surface area contributed by atoms with E-state index in [9.17, 15) is 5.11 Å². The molecule has 1 aromatic carbocycles. The van der Waals surface area contributed by atoms with Gasteiger partial charge in [0, 0.05) is 19.3 Å². The van der Waals surface area contributed by atoms with Crippen molar-refractivity contribution in [1.82, 2.24) is 4.90 Å². The fourth-order valence-corrected chi connectivity index (χ4v) is 1.40. The van der Waals surface area contributed by atoms with E-state index in [1.54, 1.807) is 0 Å². The largest absolute Gasteiger partial charge is 0.372 e. The Morgan fingerprint density at radius 3 is 2.13 bits per heavy atom. The molecule has 0 saturated heterocycles. The van der Waals surface area contributed by atoms with Gasteiger partial charge in [0.15, 0.2) is 0 Å². The molecule has 1 unspecified atom stereocenters. The van der Waals surface area contributed by atoms with Crippen molar-refractivity contribution in [3.63, 3.8) is 0 Å². The minimum Gasteiger partial charge on any atom is -0.372 e. The second kappa shape index (κ2) is 5.14. The van der Waals surface area contributed by atoms with Gasteiger partial charge in [0.05, 0.1) is 0 Å². The van der Waals surface area contributed by atoms with E-state index in [2.05, 4.69) is 6.92 Å². The van der Waals surface area contributed by atoms with E-state index >= 15 is 0 Å². The van der Waals surface area contributed by atoms with Gasteiger partial charge < -0.3 is 14.9 Å². The Balaban J connectivity index is 2.67. The van der Waals surface area contributed by atoms with E-state index in [4.69, 9.17) is 0 Å². The third-order valence-corrected chi connectivity index (χ3v) is 2.42. The summed E-state index contributed by atoms with van der Waals surface area (Å²) in [7, 11) is 5.80. The highest BCUT2D eigenvalue weighted by molar-refractivity contribution is 5.47. The van der Waals surface area contributed by atoms with Gasteiger partial charge in [-0.2, -0.15) is 0 Å². The van der Waals surface area contributed by atoms with E-state index in [1.165, 1.54) is 5.56 Å². The Kier molecular flexibility index (Phi) is 4.12. The maximum Gasteiger partial charge on any atom is 0.139 e. The SMILES string of the molecule is Cc1ccc(N(C)C(O)CN(C)C)cc1. The van der Waals surface area contributed by atoms with Crippen molar-refractivity contribution < 1.29 is 5.11 Å². The molecule has 84 valence electrons. The van der Waals surface area contributed by atoms with Gasteiger partial charge in [0.1, 0.15) is 6.23 Å². The van der Waals surface area contributed by atoms with Crippen LogP contribution in [0.4, 0.5) is 5.69 Å². The highest BCUT2D eigenvalue weighted by Crippen LogP contribution is 2.15. The van der Waals surface area contributed by atoms with Crippen molar-refractivity contribution in [2.75, 3.05) is 32.6 Å². The van der Waals surface area contributed by atoms with Crippen molar-refractivity contribution in [3.05, 3.63) is 29.8 Å². The average molecular weight is 208 g/mol. The summed E-state index contributed by atoms with van der Waals surface area (Å²) in [6.45, 7) is 2.68. The average Bonchev–Trinajstić information content (AvgIpc) is 2.17. The lowest BCUT2D eigenvalue weighted by atomic mass is 10.2. The minimum absolute atomic E-state index is 0.470. The molecule has 1 aromatic rings. The molecule has 0 aromatic heterocycles. The number of aliphatic hydroxyl groups is 1. The molecule has 0 heterocycles. The molecule has 1 N–H and O–H groups in total. The van der Waals surface area contributed by atoms with Crippen molar-refractivity contribution in [2.24, 2.45) is 0 Å². The Morgan fingerprint density at radius 2 is 1.67 bits per heavy atom. The van der Waals surface area contributed by atoms with Crippen LogP contribution in [0.1, 0.15) is 5.56 Å². The molecule has 1 atom stereocenters. The molecule has 0 bridgehead atoms. The molecule has 0 saturated carbocycles. The minimum atomic E-state index is -0.470. The number of benzene rings is 1. The monoisotopic (exact) mass is 208 g/mol. The third kappa shape index (κ3) is 3.53. The summed E-state index contributed by atoms with van der Waals surface area (Å²) < 4.78 is 0. The third-order valence-electron chi connectivity index (χ3n) is 2.42. The van der Waals surface area contributed by atoms with Gasteiger partial charge in [0.25, 0.3) is 0 Å².